The Kier molecular flexibility index (Phi) is 4.07. The maximum atomic E-state index is 13.2. The summed E-state index contributed by atoms with van der Waals surface area (Å²) in [5.74, 6) is 0.367. The van der Waals surface area contributed by atoms with E-state index in [9.17, 15) is 4.39 Å². The second-order valence-corrected chi connectivity index (χ2v) is 5.40. The van der Waals surface area contributed by atoms with Crippen LogP contribution in [0.5, 0.6) is 0 Å². The van der Waals surface area contributed by atoms with Crippen molar-refractivity contribution in [2.45, 2.75) is 26.7 Å². The second-order valence-electron chi connectivity index (χ2n) is 4.63. The number of aromatic nitrogens is 2. The lowest BCUT2D eigenvalue weighted by atomic mass is 10.1. The van der Waals surface area contributed by atoms with Crippen LogP contribution in [0.4, 0.5) is 4.39 Å². The summed E-state index contributed by atoms with van der Waals surface area (Å²) in [5, 5.41) is 0.479. The summed E-state index contributed by atoms with van der Waals surface area (Å²) in [6.07, 6.45) is 0. The van der Waals surface area contributed by atoms with Gasteiger partial charge in [0.05, 0.1) is 10.7 Å². The van der Waals surface area contributed by atoms with Crippen molar-refractivity contribution in [3.63, 3.8) is 0 Å². The Hall–Kier alpha value is -1.19. The number of nitrogens with zero attached hydrogens (tertiary/aromatic N) is 2. The van der Waals surface area contributed by atoms with Crippen LogP contribution in [0.2, 0.25) is 10.2 Å². The van der Waals surface area contributed by atoms with Crippen molar-refractivity contribution in [2.24, 2.45) is 0 Å². The molecule has 0 N–H and O–H groups in total. The minimum Gasteiger partial charge on any atom is -0.232 e. The molecule has 0 radical (unpaired) electrons. The van der Waals surface area contributed by atoms with Crippen LogP contribution < -0.4 is 0 Å². The second kappa shape index (κ2) is 5.43. The monoisotopic (exact) mass is 298 g/mol. The Morgan fingerprint density at radius 1 is 1.16 bits per heavy atom. The number of rotatable bonds is 2. The highest BCUT2D eigenvalue weighted by Crippen LogP contribution is 2.29. The highest BCUT2D eigenvalue weighted by atomic mass is 35.5. The molecule has 0 saturated carbocycles. The number of hydrogen-bond acceptors (Lipinski definition) is 2. The van der Waals surface area contributed by atoms with Gasteiger partial charge in [-0.3, -0.25) is 0 Å². The standard InChI is InChI=1S/C14H13Cl2FN2/c1-7(2)14-18-12(8(3)13(16)19-14)9-4-5-11(17)10(15)6-9/h4-7H,1-3H3. The van der Waals surface area contributed by atoms with Gasteiger partial charge >= 0.3 is 0 Å². The van der Waals surface area contributed by atoms with E-state index in [-0.39, 0.29) is 10.9 Å². The molecule has 2 nitrogen and oxygen atoms in total. The number of hydrogen-bond donors (Lipinski definition) is 0. The van der Waals surface area contributed by atoms with Crippen LogP contribution in [0.1, 0.15) is 31.2 Å². The molecule has 0 unspecified atom stereocenters. The van der Waals surface area contributed by atoms with Crippen molar-refractivity contribution < 1.29 is 4.39 Å². The lowest BCUT2D eigenvalue weighted by molar-refractivity contribution is 0.628. The molecule has 0 atom stereocenters. The molecular weight excluding hydrogens is 286 g/mol. The van der Waals surface area contributed by atoms with Gasteiger partial charge in [0.15, 0.2) is 0 Å². The van der Waals surface area contributed by atoms with Crippen LogP contribution >= 0.6 is 23.2 Å². The fraction of sp³-hybridized carbons (Fsp3) is 0.286. The molecule has 0 aliphatic heterocycles. The Labute approximate surface area is 121 Å². The third kappa shape index (κ3) is 2.88. The summed E-state index contributed by atoms with van der Waals surface area (Å²) in [5.41, 5.74) is 2.18. The first kappa shape index (κ1) is 14.2. The van der Waals surface area contributed by atoms with E-state index in [1.54, 1.807) is 12.1 Å². The number of benzene rings is 1. The minimum absolute atomic E-state index is 0.0673. The summed E-state index contributed by atoms with van der Waals surface area (Å²) in [6.45, 7) is 5.81. The van der Waals surface area contributed by atoms with Gasteiger partial charge in [0.25, 0.3) is 0 Å². The van der Waals surface area contributed by atoms with Gasteiger partial charge in [-0.2, -0.15) is 0 Å². The Bertz CT molecular complexity index is 627. The van der Waals surface area contributed by atoms with Gasteiger partial charge in [-0.05, 0) is 25.1 Å². The first-order valence-electron chi connectivity index (χ1n) is 5.89. The van der Waals surface area contributed by atoms with Crippen LogP contribution in [-0.2, 0) is 0 Å². The summed E-state index contributed by atoms with van der Waals surface area (Å²) < 4.78 is 13.2. The molecule has 0 fully saturated rings. The third-order valence-electron chi connectivity index (χ3n) is 2.81. The van der Waals surface area contributed by atoms with E-state index >= 15 is 0 Å². The molecule has 0 amide bonds. The molecule has 0 spiro atoms. The van der Waals surface area contributed by atoms with Gasteiger partial charge in [0, 0.05) is 17.0 Å². The minimum atomic E-state index is -0.452. The van der Waals surface area contributed by atoms with Crippen molar-refractivity contribution in [3.05, 3.63) is 45.6 Å². The van der Waals surface area contributed by atoms with E-state index in [2.05, 4.69) is 9.97 Å². The molecule has 1 heterocycles. The van der Waals surface area contributed by atoms with E-state index in [1.165, 1.54) is 6.07 Å². The summed E-state index contributed by atoms with van der Waals surface area (Å²) in [7, 11) is 0. The first-order valence-corrected chi connectivity index (χ1v) is 6.65. The highest BCUT2D eigenvalue weighted by molar-refractivity contribution is 6.31. The van der Waals surface area contributed by atoms with Gasteiger partial charge in [-0.15, -0.1) is 0 Å². The van der Waals surface area contributed by atoms with Gasteiger partial charge in [0.2, 0.25) is 0 Å². The summed E-state index contributed by atoms with van der Waals surface area (Å²) >= 11 is 11.9. The largest absolute Gasteiger partial charge is 0.232 e. The molecule has 2 rings (SSSR count). The quantitative estimate of drug-likeness (QED) is 0.727. The van der Waals surface area contributed by atoms with Crippen LogP contribution in [0, 0.1) is 12.7 Å². The molecule has 0 saturated heterocycles. The van der Waals surface area contributed by atoms with Crippen LogP contribution in [-0.4, -0.2) is 9.97 Å². The normalized spacial score (nSPS) is 11.1. The molecule has 1 aromatic heterocycles. The molecule has 100 valence electrons. The third-order valence-corrected chi connectivity index (χ3v) is 3.47. The lowest BCUT2D eigenvalue weighted by Gasteiger charge is -2.11. The Morgan fingerprint density at radius 2 is 1.84 bits per heavy atom. The highest BCUT2D eigenvalue weighted by Gasteiger charge is 2.14. The Morgan fingerprint density at radius 3 is 2.42 bits per heavy atom. The maximum Gasteiger partial charge on any atom is 0.141 e. The molecule has 1 aromatic carbocycles. The van der Waals surface area contributed by atoms with E-state index in [0.29, 0.717) is 16.7 Å². The van der Waals surface area contributed by atoms with Gasteiger partial charge in [-0.25, -0.2) is 14.4 Å². The lowest BCUT2D eigenvalue weighted by Crippen LogP contribution is -2.02. The van der Waals surface area contributed by atoms with Crippen molar-refractivity contribution in [2.75, 3.05) is 0 Å². The average Bonchev–Trinajstić information content (AvgIpc) is 2.35. The van der Waals surface area contributed by atoms with Crippen LogP contribution in [0.3, 0.4) is 0 Å². The zero-order valence-electron chi connectivity index (χ0n) is 10.8. The molecule has 0 bridgehead atoms. The predicted molar refractivity (Wildman–Crippen MR) is 76.3 cm³/mol. The fourth-order valence-corrected chi connectivity index (χ4v) is 2.04. The van der Waals surface area contributed by atoms with Crippen LogP contribution in [0.25, 0.3) is 11.3 Å². The zero-order chi connectivity index (χ0) is 14.2. The topological polar surface area (TPSA) is 25.8 Å². The predicted octanol–water partition coefficient (Wildman–Crippen LogP) is 5.02. The van der Waals surface area contributed by atoms with Gasteiger partial charge < -0.3 is 0 Å². The van der Waals surface area contributed by atoms with Crippen molar-refractivity contribution >= 4 is 23.2 Å². The van der Waals surface area contributed by atoms with E-state index in [0.717, 1.165) is 11.1 Å². The Balaban J connectivity index is 2.63. The van der Waals surface area contributed by atoms with E-state index in [4.69, 9.17) is 23.2 Å². The van der Waals surface area contributed by atoms with Gasteiger partial charge in [-0.1, -0.05) is 37.0 Å². The van der Waals surface area contributed by atoms with E-state index in [1.807, 2.05) is 20.8 Å². The van der Waals surface area contributed by atoms with Crippen molar-refractivity contribution in [1.82, 2.24) is 9.97 Å². The van der Waals surface area contributed by atoms with Crippen molar-refractivity contribution in [3.8, 4) is 11.3 Å². The SMILES string of the molecule is Cc1c(Cl)nc(C(C)C)nc1-c1ccc(F)c(Cl)c1. The van der Waals surface area contributed by atoms with Crippen molar-refractivity contribution in [1.29, 1.82) is 0 Å². The average molecular weight is 299 g/mol. The molecule has 5 heteroatoms. The van der Waals surface area contributed by atoms with E-state index < -0.39 is 5.82 Å². The van der Waals surface area contributed by atoms with Crippen LogP contribution in [0.15, 0.2) is 18.2 Å². The maximum absolute atomic E-state index is 13.2. The fourth-order valence-electron chi connectivity index (χ4n) is 1.69. The summed E-state index contributed by atoms with van der Waals surface area (Å²) in [6, 6.07) is 4.51. The smallest absolute Gasteiger partial charge is 0.141 e. The molecule has 2 aromatic rings. The molecule has 0 aliphatic rings. The summed E-state index contributed by atoms with van der Waals surface area (Å²) in [4.78, 5) is 8.74. The molecule has 19 heavy (non-hydrogen) atoms. The molecular formula is C14H13Cl2FN2. The van der Waals surface area contributed by atoms with Gasteiger partial charge in [0.1, 0.15) is 16.8 Å². The first-order chi connectivity index (χ1) is 8.90. The number of halogens is 3. The zero-order valence-corrected chi connectivity index (χ0v) is 12.3. The molecule has 0 aliphatic carbocycles.